The molecule has 0 aliphatic carbocycles. The maximum atomic E-state index is 5.91. The van der Waals surface area contributed by atoms with E-state index in [4.69, 9.17) is 9.47 Å². The Bertz CT molecular complexity index is 1080. The summed E-state index contributed by atoms with van der Waals surface area (Å²) in [6.45, 7) is 1.36. The van der Waals surface area contributed by atoms with Crippen molar-refractivity contribution in [2.24, 2.45) is 0 Å². The third-order valence-electron chi connectivity index (χ3n) is 5.50. The van der Waals surface area contributed by atoms with Gasteiger partial charge in [-0.05, 0) is 52.9 Å². The zero-order valence-corrected chi connectivity index (χ0v) is 18.4. The molecule has 0 amide bonds. The van der Waals surface area contributed by atoms with Crippen LogP contribution in [-0.2, 0) is 19.6 Å². The molecule has 162 valence electrons. The summed E-state index contributed by atoms with van der Waals surface area (Å²) in [4.78, 5) is 0. The van der Waals surface area contributed by atoms with E-state index in [9.17, 15) is 0 Å². The average molecular weight is 424 g/mol. The maximum absolute atomic E-state index is 5.91. The van der Waals surface area contributed by atoms with Gasteiger partial charge in [-0.25, -0.2) is 0 Å². The number of methoxy groups -OCH3 is 1. The Hall–Kier alpha value is -3.56. The van der Waals surface area contributed by atoms with Crippen molar-refractivity contribution in [1.29, 1.82) is 0 Å². The first-order chi connectivity index (χ1) is 15.8. The Morgan fingerprint density at radius 3 is 2.06 bits per heavy atom. The first-order valence-corrected chi connectivity index (χ1v) is 11.0. The van der Waals surface area contributed by atoms with E-state index >= 15 is 0 Å². The summed E-state index contributed by atoms with van der Waals surface area (Å²) >= 11 is 0. The van der Waals surface area contributed by atoms with Crippen LogP contribution in [0.15, 0.2) is 109 Å². The molecule has 0 aliphatic heterocycles. The molecule has 0 fully saturated rings. The second kappa shape index (κ2) is 11.2. The number of ether oxygens (including phenoxy) is 2. The molecular weight excluding hydrogens is 394 g/mol. The molecule has 0 bridgehead atoms. The van der Waals surface area contributed by atoms with Crippen molar-refractivity contribution >= 4 is 0 Å². The minimum Gasteiger partial charge on any atom is -0.497 e. The molecule has 0 saturated heterocycles. The van der Waals surface area contributed by atoms with Crippen LogP contribution < -0.4 is 14.8 Å². The average Bonchev–Trinajstić information content (AvgIpc) is 2.87. The van der Waals surface area contributed by atoms with E-state index in [-0.39, 0.29) is 6.04 Å². The van der Waals surface area contributed by atoms with Crippen molar-refractivity contribution in [1.82, 2.24) is 5.32 Å². The highest BCUT2D eigenvalue weighted by Gasteiger charge is 2.12. The van der Waals surface area contributed by atoms with Crippen LogP contribution in [0.1, 0.15) is 28.3 Å². The van der Waals surface area contributed by atoms with Crippen LogP contribution in [0.4, 0.5) is 0 Å². The maximum Gasteiger partial charge on any atom is 0.119 e. The summed E-state index contributed by atoms with van der Waals surface area (Å²) in [5.74, 6) is 1.77. The highest BCUT2D eigenvalue weighted by atomic mass is 16.5. The highest BCUT2D eigenvalue weighted by Crippen LogP contribution is 2.22. The van der Waals surface area contributed by atoms with E-state index in [0.717, 1.165) is 24.5 Å². The molecule has 0 heterocycles. The molecule has 32 heavy (non-hydrogen) atoms. The molecule has 4 aromatic carbocycles. The van der Waals surface area contributed by atoms with Crippen LogP contribution in [0.2, 0.25) is 0 Å². The topological polar surface area (TPSA) is 30.5 Å². The molecule has 1 unspecified atom stereocenters. The van der Waals surface area contributed by atoms with E-state index in [2.05, 4.69) is 72.0 Å². The molecule has 4 aromatic rings. The van der Waals surface area contributed by atoms with Gasteiger partial charge in [0.1, 0.15) is 18.1 Å². The second-order valence-electron chi connectivity index (χ2n) is 7.82. The first kappa shape index (κ1) is 21.7. The van der Waals surface area contributed by atoms with Gasteiger partial charge in [-0.3, -0.25) is 0 Å². The van der Waals surface area contributed by atoms with Crippen LogP contribution in [0.25, 0.3) is 0 Å². The number of hydrogen-bond acceptors (Lipinski definition) is 3. The monoisotopic (exact) mass is 423 g/mol. The second-order valence-corrected chi connectivity index (χ2v) is 7.82. The van der Waals surface area contributed by atoms with Gasteiger partial charge in [0, 0.05) is 12.6 Å². The van der Waals surface area contributed by atoms with Crippen molar-refractivity contribution in [3.05, 3.63) is 131 Å². The minimum atomic E-state index is 0.206. The molecule has 1 N–H and O–H groups in total. The SMILES string of the molecule is COc1cccc(CC(NCc2ccc(OCc3ccccc3)cc2)c2ccccc2)c1. The van der Waals surface area contributed by atoms with Gasteiger partial charge in [0.2, 0.25) is 0 Å². The fourth-order valence-electron chi connectivity index (χ4n) is 3.71. The number of nitrogens with one attached hydrogen (secondary N) is 1. The fourth-order valence-corrected chi connectivity index (χ4v) is 3.71. The molecule has 0 radical (unpaired) electrons. The van der Waals surface area contributed by atoms with E-state index in [0.29, 0.717) is 6.61 Å². The Morgan fingerprint density at radius 2 is 1.34 bits per heavy atom. The molecule has 4 rings (SSSR count). The van der Waals surface area contributed by atoms with Gasteiger partial charge in [-0.2, -0.15) is 0 Å². The Balaban J connectivity index is 1.39. The largest absolute Gasteiger partial charge is 0.497 e. The first-order valence-electron chi connectivity index (χ1n) is 11.0. The van der Waals surface area contributed by atoms with Crippen molar-refractivity contribution in [3.63, 3.8) is 0 Å². The molecule has 3 heteroatoms. The van der Waals surface area contributed by atoms with Crippen LogP contribution in [0.3, 0.4) is 0 Å². The van der Waals surface area contributed by atoms with Gasteiger partial charge in [0.15, 0.2) is 0 Å². The third kappa shape index (κ3) is 6.22. The summed E-state index contributed by atoms with van der Waals surface area (Å²) in [7, 11) is 1.71. The number of benzene rings is 4. The Kier molecular flexibility index (Phi) is 7.56. The van der Waals surface area contributed by atoms with E-state index in [1.807, 2.05) is 42.5 Å². The number of rotatable bonds is 10. The lowest BCUT2D eigenvalue weighted by Crippen LogP contribution is -2.23. The van der Waals surface area contributed by atoms with E-state index in [1.54, 1.807) is 7.11 Å². The van der Waals surface area contributed by atoms with Gasteiger partial charge in [-0.15, -0.1) is 0 Å². The Labute approximate surface area is 190 Å². The van der Waals surface area contributed by atoms with Crippen molar-refractivity contribution in [2.75, 3.05) is 7.11 Å². The van der Waals surface area contributed by atoms with Crippen molar-refractivity contribution < 1.29 is 9.47 Å². The predicted molar refractivity (Wildman–Crippen MR) is 130 cm³/mol. The molecule has 1 atom stereocenters. The van der Waals surface area contributed by atoms with Crippen molar-refractivity contribution in [3.8, 4) is 11.5 Å². The predicted octanol–water partition coefficient (Wildman–Crippen LogP) is 6.35. The van der Waals surface area contributed by atoms with Gasteiger partial charge in [0.25, 0.3) is 0 Å². The summed E-state index contributed by atoms with van der Waals surface area (Å²) < 4.78 is 11.3. The molecule has 0 aliphatic rings. The lowest BCUT2D eigenvalue weighted by molar-refractivity contribution is 0.306. The summed E-state index contributed by atoms with van der Waals surface area (Å²) in [5, 5.41) is 3.73. The summed E-state index contributed by atoms with van der Waals surface area (Å²) in [6.07, 6.45) is 0.888. The van der Waals surface area contributed by atoms with Gasteiger partial charge in [0.05, 0.1) is 7.11 Å². The molecule has 0 spiro atoms. The lowest BCUT2D eigenvalue weighted by atomic mass is 9.98. The highest BCUT2D eigenvalue weighted by molar-refractivity contribution is 5.31. The molecule has 0 saturated carbocycles. The fraction of sp³-hybridized carbons (Fsp3) is 0.172. The molecular formula is C29H29NO2. The zero-order valence-electron chi connectivity index (χ0n) is 18.4. The smallest absolute Gasteiger partial charge is 0.119 e. The van der Waals surface area contributed by atoms with Gasteiger partial charge in [-0.1, -0.05) is 84.9 Å². The van der Waals surface area contributed by atoms with E-state index in [1.165, 1.54) is 22.3 Å². The normalized spacial score (nSPS) is 11.7. The summed E-state index contributed by atoms with van der Waals surface area (Å²) in [5.41, 5.74) is 4.92. The standard InChI is InChI=1S/C29H29NO2/c1-31-28-14-8-11-25(19-28)20-29(26-12-6-3-7-13-26)30-21-23-15-17-27(18-16-23)32-22-24-9-4-2-5-10-24/h2-19,29-30H,20-22H2,1H3. The summed E-state index contributed by atoms with van der Waals surface area (Å²) in [6, 6.07) is 37.6. The minimum absolute atomic E-state index is 0.206. The quantitative estimate of drug-likeness (QED) is 0.322. The molecule has 3 nitrogen and oxygen atoms in total. The lowest BCUT2D eigenvalue weighted by Gasteiger charge is -2.20. The molecule has 0 aromatic heterocycles. The third-order valence-corrected chi connectivity index (χ3v) is 5.50. The van der Waals surface area contributed by atoms with E-state index < -0.39 is 0 Å². The van der Waals surface area contributed by atoms with Crippen molar-refractivity contribution in [2.45, 2.75) is 25.6 Å². The van der Waals surface area contributed by atoms with Gasteiger partial charge < -0.3 is 14.8 Å². The van der Waals surface area contributed by atoms with Gasteiger partial charge >= 0.3 is 0 Å². The van der Waals surface area contributed by atoms with Crippen LogP contribution >= 0.6 is 0 Å². The van der Waals surface area contributed by atoms with Crippen LogP contribution in [-0.4, -0.2) is 7.11 Å². The zero-order chi connectivity index (χ0) is 22.0. The van der Waals surface area contributed by atoms with Crippen LogP contribution in [0, 0.1) is 0 Å². The number of hydrogen-bond donors (Lipinski definition) is 1. The Morgan fingerprint density at radius 1 is 0.656 bits per heavy atom. The van der Waals surface area contributed by atoms with Crippen LogP contribution in [0.5, 0.6) is 11.5 Å².